The summed E-state index contributed by atoms with van der Waals surface area (Å²) in [6.07, 6.45) is 0. The van der Waals surface area contributed by atoms with Gasteiger partial charge in [-0.2, -0.15) is 0 Å². The number of para-hydroxylation sites is 1. The molecule has 0 radical (unpaired) electrons. The highest BCUT2D eigenvalue weighted by Gasteiger charge is 2.42. The number of amides is 2. The van der Waals surface area contributed by atoms with Crippen LogP contribution >= 0.6 is 0 Å². The van der Waals surface area contributed by atoms with E-state index in [1.807, 2.05) is 55.1 Å². The molecular weight excluding hydrogens is 340 g/mol. The molecule has 0 bridgehead atoms. The summed E-state index contributed by atoms with van der Waals surface area (Å²) in [5, 5.41) is 0. The molecular formula is C22H22N2O3. The second-order valence-corrected chi connectivity index (χ2v) is 6.90. The van der Waals surface area contributed by atoms with Crippen LogP contribution in [0.15, 0.2) is 54.2 Å². The second-order valence-electron chi connectivity index (χ2n) is 6.90. The van der Waals surface area contributed by atoms with Crippen LogP contribution in [0, 0.1) is 13.8 Å². The minimum absolute atomic E-state index is 0.263. The van der Waals surface area contributed by atoms with E-state index >= 15 is 0 Å². The Morgan fingerprint density at radius 3 is 2.22 bits per heavy atom. The summed E-state index contributed by atoms with van der Waals surface area (Å²) in [7, 11) is 0. The molecule has 4 rings (SSSR count). The number of morpholine rings is 1. The van der Waals surface area contributed by atoms with Gasteiger partial charge in [0.25, 0.3) is 11.8 Å². The third kappa shape index (κ3) is 3.04. The average Bonchev–Trinajstić information content (AvgIpc) is 2.95. The van der Waals surface area contributed by atoms with Gasteiger partial charge in [-0.3, -0.25) is 9.59 Å². The fourth-order valence-electron chi connectivity index (χ4n) is 3.57. The Morgan fingerprint density at radius 2 is 1.56 bits per heavy atom. The van der Waals surface area contributed by atoms with E-state index < -0.39 is 0 Å². The van der Waals surface area contributed by atoms with Gasteiger partial charge in [-0.05, 0) is 42.7 Å². The maximum Gasteiger partial charge on any atom is 0.282 e. The zero-order chi connectivity index (χ0) is 19.0. The number of rotatable bonds is 3. The summed E-state index contributed by atoms with van der Waals surface area (Å²) < 4.78 is 5.43. The highest BCUT2D eigenvalue weighted by molar-refractivity contribution is 6.45. The molecule has 0 aromatic heterocycles. The first-order valence-electron chi connectivity index (χ1n) is 9.16. The minimum atomic E-state index is -0.268. The molecule has 2 aliphatic rings. The van der Waals surface area contributed by atoms with Crippen molar-refractivity contribution < 1.29 is 14.3 Å². The van der Waals surface area contributed by atoms with Crippen molar-refractivity contribution in [1.82, 2.24) is 4.90 Å². The third-order valence-corrected chi connectivity index (χ3v) is 5.20. The molecule has 2 aliphatic heterocycles. The second kappa shape index (κ2) is 7.00. The number of benzene rings is 2. The Balaban J connectivity index is 1.85. The van der Waals surface area contributed by atoms with E-state index in [0.29, 0.717) is 43.3 Å². The van der Waals surface area contributed by atoms with Gasteiger partial charge in [0, 0.05) is 13.1 Å². The average molecular weight is 362 g/mol. The van der Waals surface area contributed by atoms with Gasteiger partial charge in [0.2, 0.25) is 0 Å². The first kappa shape index (κ1) is 17.5. The molecule has 138 valence electrons. The molecule has 0 unspecified atom stereocenters. The van der Waals surface area contributed by atoms with Crippen molar-refractivity contribution in [2.45, 2.75) is 13.8 Å². The lowest BCUT2D eigenvalue weighted by molar-refractivity contribution is -0.121. The Morgan fingerprint density at radius 1 is 0.852 bits per heavy atom. The molecule has 2 aromatic carbocycles. The maximum absolute atomic E-state index is 13.4. The highest BCUT2D eigenvalue weighted by Crippen LogP contribution is 2.35. The summed E-state index contributed by atoms with van der Waals surface area (Å²) in [6, 6.07) is 15.0. The van der Waals surface area contributed by atoms with Gasteiger partial charge in [-0.1, -0.05) is 36.4 Å². The molecule has 2 heterocycles. The molecule has 2 amide bonds. The first-order valence-corrected chi connectivity index (χ1v) is 9.16. The number of ether oxygens (including phenoxy) is 1. The van der Waals surface area contributed by atoms with E-state index in [1.54, 1.807) is 12.1 Å². The predicted molar refractivity (Wildman–Crippen MR) is 104 cm³/mol. The van der Waals surface area contributed by atoms with Gasteiger partial charge in [-0.15, -0.1) is 0 Å². The quantitative estimate of drug-likeness (QED) is 0.788. The topological polar surface area (TPSA) is 49.9 Å². The summed E-state index contributed by atoms with van der Waals surface area (Å²) in [5.74, 6) is -0.530. The molecule has 27 heavy (non-hydrogen) atoms. The Labute approximate surface area is 158 Å². The number of imide groups is 1. The largest absolute Gasteiger partial charge is 0.378 e. The number of carbonyl (C=O) groups excluding carboxylic acids is 2. The van der Waals surface area contributed by atoms with Crippen LogP contribution in [-0.4, -0.2) is 43.0 Å². The molecule has 0 atom stereocenters. The monoisotopic (exact) mass is 362 g/mol. The van der Waals surface area contributed by atoms with Gasteiger partial charge in [0.15, 0.2) is 0 Å². The third-order valence-electron chi connectivity index (χ3n) is 5.20. The number of hydrogen-bond acceptors (Lipinski definition) is 4. The van der Waals surface area contributed by atoms with Crippen molar-refractivity contribution in [2.75, 3.05) is 31.2 Å². The van der Waals surface area contributed by atoms with Crippen LogP contribution in [0.4, 0.5) is 5.69 Å². The van der Waals surface area contributed by atoms with Crippen LogP contribution in [0.1, 0.15) is 16.7 Å². The molecule has 0 aliphatic carbocycles. The predicted octanol–water partition coefficient (Wildman–Crippen LogP) is 2.92. The molecule has 0 spiro atoms. The zero-order valence-electron chi connectivity index (χ0n) is 15.6. The Kier molecular flexibility index (Phi) is 4.54. The van der Waals surface area contributed by atoms with Crippen LogP contribution in [-0.2, 0) is 14.3 Å². The van der Waals surface area contributed by atoms with E-state index in [2.05, 4.69) is 0 Å². The van der Waals surface area contributed by atoms with Crippen LogP contribution in [0.3, 0.4) is 0 Å². The number of aryl methyl sites for hydroxylation is 2. The van der Waals surface area contributed by atoms with Crippen molar-refractivity contribution in [2.24, 2.45) is 0 Å². The number of nitrogens with zero attached hydrogens (tertiary/aromatic N) is 2. The maximum atomic E-state index is 13.4. The molecule has 0 N–H and O–H groups in total. The molecule has 5 heteroatoms. The summed E-state index contributed by atoms with van der Waals surface area (Å²) in [4.78, 5) is 29.9. The van der Waals surface area contributed by atoms with Gasteiger partial charge in [0.1, 0.15) is 5.70 Å². The molecule has 5 nitrogen and oxygen atoms in total. The van der Waals surface area contributed by atoms with Crippen LogP contribution in [0.5, 0.6) is 0 Å². The van der Waals surface area contributed by atoms with Crippen molar-refractivity contribution in [3.63, 3.8) is 0 Å². The highest BCUT2D eigenvalue weighted by atomic mass is 16.5. The lowest BCUT2D eigenvalue weighted by Crippen LogP contribution is -2.40. The zero-order valence-corrected chi connectivity index (χ0v) is 15.6. The first-order chi connectivity index (χ1) is 13.1. The number of anilines is 1. The standard InChI is InChI=1S/C22H22N2O3/c1-15-8-9-17(14-16(15)2)19-20(23-10-12-27-13-11-23)22(26)24(21(19)25)18-6-4-3-5-7-18/h3-9,14H,10-13H2,1-2H3. The fraction of sp³-hybridized carbons (Fsp3) is 0.273. The minimum Gasteiger partial charge on any atom is -0.378 e. The SMILES string of the molecule is Cc1ccc(C2=C(N3CCOCC3)C(=O)N(c3ccccc3)C2=O)cc1C. The van der Waals surface area contributed by atoms with Crippen molar-refractivity contribution >= 4 is 23.1 Å². The summed E-state index contributed by atoms with van der Waals surface area (Å²) in [5.41, 5.74) is 4.60. The number of hydrogen-bond donors (Lipinski definition) is 0. The van der Waals surface area contributed by atoms with E-state index in [0.717, 1.165) is 16.7 Å². The molecule has 1 saturated heterocycles. The van der Waals surface area contributed by atoms with Crippen molar-refractivity contribution in [3.05, 3.63) is 70.9 Å². The van der Waals surface area contributed by atoms with Gasteiger partial charge in [0.05, 0.1) is 24.5 Å². The van der Waals surface area contributed by atoms with Crippen LogP contribution in [0.2, 0.25) is 0 Å². The molecule has 2 aromatic rings. The lowest BCUT2D eigenvalue weighted by atomic mass is 9.99. The van der Waals surface area contributed by atoms with Gasteiger partial charge < -0.3 is 9.64 Å². The fourth-order valence-corrected chi connectivity index (χ4v) is 3.57. The van der Waals surface area contributed by atoms with Crippen LogP contribution < -0.4 is 4.90 Å². The van der Waals surface area contributed by atoms with E-state index in [1.165, 1.54) is 4.90 Å². The molecule has 1 fully saturated rings. The van der Waals surface area contributed by atoms with Crippen molar-refractivity contribution in [1.29, 1.82) is 0 Å². The normalized spacial score (nSPS) is 17.9. The summed E-state index contributed by atoms with van der Waals surface area (Å²) in [6.45, 7) is 6.36. The summed E-state index contributed by atoms with van der Waals surface area (Å²) >= 11 is 0. The van der Waals surface area contributed by atoms with E-state index in [4.69, 9.17) is 4.74 Å². The smallest absolute Gasteiger partial charge is 0.282 e. The van der Waals surface area contributed by atoms with Crippen molar-refractivity contribution in [3.8, 4) is 0 Å². The van der Waals surface area contributed by atoms with Gasteiger partial charge in [-0.25, -0.2) is 4.90 Å². The van der Waals surface area contributed by atoms with Gasteiger partial charge >= 0.3 is 0 Å². The van der Waals surface area contributed by atoms with Crippen LogP contribution in [0.25, 0.3) is 5.57 Å². The van der Waals surface area contributed by atoms with E-state index in [-0.39, 0.29) is 11.8 Å². The Bertz CT molecular complexity index is 928. The Hall–Kier alpha value is -2.92. The number of carbonyl (C=O) groups is 2. The van der Waals surface area contributed by atoms with E-state index in [9.17, 15) is 9.59 Å². The molecule has 0 saturated carbocycles. The lowest BCUT2D eigenvalue weighted by Gasteiger charge is -2.29.